The lowest BCUT2D eigenvalue weighted by molar-refractivity contribution is 0.0697. The Bertz CT molecular complexity index is 956. The molecule has 2 saturated heterocycles. The average Bonchev–Trinajstić information content (AvgIpc) is 3.31. The molecule has 1 aromatic carbocycles. The van der Waals surface area contributed by atoms with Crippen molar-refractivity contribution in [3.8, 4) is 0 Å². The van der Waals surface area contributed by atoms with Crippen LogP contribution in [0.2, 0.25) is 0 Å². The number of aromatic nitrogens is 2. The maximum Gasteiger partial charge on any atom is 0.335 e. The fourth-order valence-corrected chi connectivity index (χ4v) is 4.94. The highest BCUT2D eigenvalue weighted by molar-refractivity contribution is 5.97. The van der Waals surface area contributed by atoms with Crippen LogP contribution in [-0.2, 0) is 5.41 Å². The second-order valence-electron chi connectivity index (χ2n) is 8.99. The first-order valence-electron chi connectivity index (χ1n) is 10.4. The minimum Gasteiger partial charge on any atom is -0.478 e. The van der Waals surface area contributed by atoms with Gasteiger partial charge in [0, 0.05) is 31.7 Å². The molecule has 1 N–H and O–H groups in total. The van der Waals surface area contributed by atoms with Crippen molar-refractivity contribution in [2.75, 3.05) is 32.7 Å². The summed E-state index contributed by atoms with van der Waals surface area (Å²) in [4.78, 5) is 33.4. The van der Waals surface area contributed by atoms with Gasteiger partial charge in [-0.2, -0.15) is 4.98 Å². The van der Waals surface area contributed by atoms with Crippen LogP contribution in [0.1, 0.15) is 52.7 Å². The van der Waals surface area contributed by atoms with Crippen molar-refractivity contribution in [1.82, 2.24) is 19.9 Å². The number of nitrogens with zero attached hydrogens (tertiary/aromatic N) is 4. The van der Waals surface area contributed by atoms with E-state index in [4.69, 9.17) is 4.52 Å². The summed E-state index contributed by atoms with van der Waals surface area (Å²) in [7, 11) is 0. The summed E-state index contributed by atoms with van der Waals surface area (Å²) in [6.45, 7) is 10.0. The Kier molecular flexibility index (Phi) is 5.36. The number of amides is 1. The zero-order valence-corrected chi connectivity index (χ0v) is 17.7. The zero-order valence-electron chi connectivity index (χ0n) is 17.7. The number of rotatable bonds is 5. The number of piperidine rings is 1. The van der Waals surface area contributed by atoms with Gasteiger partial charge in [-0.1, -0.05) is 25.1 Å². The predicted molar refractivity (Wildman–Crippen MR) is 109 cm³/mol. The van der Waals surface area contributed by atoms with E-state index in [1.54, 1.807) is 12.1 Å². The van der Waals surface area contributed by atoms with Crippen LogP contribution < -0.4 is 0 Å². The third-order valence-corrected chi connectivity index (χ3v) is 6.22. The number of aromatic carboxylic acids is 1. The summed E-state index contributed by atoms with van der Waals surface area (Å²) in [6.07, 6.45) is 0.951. The average molecular weight is 412 g/mol. The molecule has 3 heterocycles. The summed E-state index contributed by atoms with van der Waals surface area (Å²) < 4.78 is 5.64. The molecule has 8 nitrogen and oxygen atoms in total. The normalized spacial score (nSPS) is 24.3. The molecule has 1 aromatic heterocycles. The Labute approximate surface area is 175 Å². The second-order valence-corrected chi connectivity index (χ2v) is 8.99. The molecule has 160 valence electrons. The van der Waals surface area contributed by atoms with Gasteiger partial charge in [0.1, 0.15) is 0 Å². The predicted octanol–water partition coefficient (Wildman–Crippen LogP) is 2.45. The van der Waals surface area contributed by atoms with Gasteiger partial charge in [0.25, 0.3) is 5.91 Å². The SMILES string of the molecule is Cc1noc([C@]23CN(CC(C)C)CC[C@H]2CN(C(=O)c2cccc(C(=O)O)c2)C3)n1. The highest BCUT2D eigenvalue weighted by Gasteiger charge is 2.55. The third kappa shape index (κ3) is 3.71. The van der Waals surface area contributed by atoms with Crippen molar-refractivity contribution in [2.24, 2.45) is 11.8 Å². The number of carbonyl (C=O) groups is 2. The highest BCUT2D eigenvalue weighted by Crippen LogP contribution is 2.44. The van der Waals surface area contributed by atoms with Crippen molar-refractivity contribution >= 4 is 11.9 Å². The molecule has 2 aliphatic heterocycles. The molecular formula is C22H28N4O4. The van der Waals surface area contributed by atoms with Crippen LogP contribution in [0.4, 0.5) is 0 Å². The molecule has 0 radical (unpaired) electrons. The van der Waals surface area contributed by atoms with Gasteiger partial charge in [0.15, 0.2) is 5.82 Å². The van der Waals surface area contributed by atoms with Gasteiger partial charge in [-0.05, 0) is 49.9 Å². The lowest BCUT2D eigenvalue weighted by Gasteiger charge is -2.42. The van der Waals surface area contributed by atoms with Crippen LogP contribution in [0.25, 0.3) is 0 Å². The number of carbonyl (C=O) groups excluding carboxylic acids is 1. The van der Waals surface area contributed by atoms with E-state index in [2.05, 4.69) is 28.9 Å². The molecule has 2 atom stereocenters. The van der Waals surface area contributed by atoms with Gasteiger partial charge >= 0.3 is 5.97 Å². The topological polar surface area (TPSA) is 99.8 Å². The fraction of sp³-hybridized carbons (Fsp3) is 0.545. The summed E-state index contributed by atoms with van der Waals surface area (Å²) in [5.74, 6) is 0.778. The first-order valence-corrected chi connectivity index (χ1v) is 10.4. The Morgan fingerprint density at radius 3 is 2.73 bits per heavy atom. The van der Waals surface area contributed by atoms with E-state index in [9.17, 15) is 14.7 Å². The Balaban J connectivity index is 1.64. The van der Waals surface area contributed by atoms with Gasteiger partial charge in [-0.3, -0.25) is 4.79 Å². The van der Waals surface area contributed by atoms with E-state index < -0.39 is 11.4 Å². The molecule has 8 heteroatoms. The summed E-state index contributed by atoms with van der Waals surface area (Å²) in [5, 5.41) is 13.3. The number of carboxylic acids is 1. The van der Waals surface area contributed by atoms with Gasteiger partial charge in [-0.25, -0.2) is 4.79 Å². The van der Waals surface area contributed by atoms with E-state index in [0.717, 1.165) is 26.1 Å². The molecule has 0 unspecified atom stereocenters. The number of hydrogen-bond donors (Lipinski definition) is 1. The standard InChI is InChI=1S/C22H28N4O4/c1-14(2)10-25-8-7-18-11-26(13-22(18,12-25)21-23-15(3)24-30-21)19(27)16-5-4-6-17(9-16)20(28)29/h4-6,9,14,18H,7-8,10-13H2,1-3H3,(H,28,29)/t18-,22-/m0/s1. The number of benzene rings is 1. The van der Waals surface area contributed by atoms with Gasteiger partial charge in [0.2, 0.25) is 5.89 Å². The third-order valence-electron chi connectivity index (χ3n) is 6.22. The van der Waals surface area contributed by atoms with Crippen molar-refractivity contribution in [3.05, 3.63) is 47.1 Å². The summed E-state index contributed by atoms with van der Waals surface area (Å²) in [5.41, 5.74) is 0.112. The molecule has 4 rings (SSSR count). The van der Waals surface area contributed by atoms with Crippen LogP contribution in [0, 0.1) is 18.8 Å². The minimum atomic E-state index is -1.04. The number of fused-ring (bicyclic) bond motifs is 1. The molecule has 30 heavy (non-hydrogen) atoms. The zero-order chi connectivity index (χ0) is 21.5. The van der Waals surface area contributed by atoms with Crippen LogP contribution >= 0.6 is 0 Å². The minimum absolute atomic E-state index is 0.114. The Hall–Kier alpha value is -2.74. The quantitative estimate of drug-likeness (QED) is 0.805. The molecule has 0 aliphatic carbocycles. The number of hydrogen-bond acceptors (Lipinski definition) is 6. The number of likely N-dealkylation sites (tertiary alicyclic amines) is 2. The first-order chi connectivity index (χ1) is 14.3. The van der Waals surface area contributed by atoms with Crippen LogP contribution in [0.15, 0.2) is 28.8 Å². The molecule has 0 bridgehead atoms. The van der Waals surface area contributed by atoms with Gasteiger partial charge < -0.3 is 19.4 Å². The van der Waals surface area contributed by atoms with Crippen molar-refractivity contribution in [3.63, 3.8) is 0 Å². The molecular weight excluding hydrogens is 384 g/mol. The maximum atomic E-state index is 13.3. The second kappa shape index (κ2) is 7.83. The van der Waals surface area contributed by atoms with E-state index in [-0.39, 0.29) is 17.4 Å². The van der Waals surface area contributed by atoms with Crippen LogP contribution in [0.5, 0.6) is 0 Å². The largest absolute Gasteiger partial charge is 0.478 e. The van der Waals surface area contributed by atoms with Crippen LogP contribution in [-0.4, -0.2) is 69.6 Å². The van der Waals surface area contributed by atoms with E-state index in [0.29, 0.717) is 36.3 Å². The highest BCUT2D eigenvalue weighted by atomic mass is 16.5. The van der Waals surface area contributed by atoms with Crippen LogP contribution in [0.3, 0.4) is 0 Å². The lowest BCUT2D eigenvalue weighted by Crippen LogP contribution is -2.52. The fourth-order valence-electron chi connectivity index (χ4n) is 4.94. The maximum absolute atomic E-state index is 13.3. The van der Waals surface area contributed by atoms with Crippen molar-refractivity contribution < 1.29 is 19.2 Å². The van der Waals surface area contributed by atoms with E-state index in [1.165, 1.54) is 12.1 Å². The lowest BCUT2D eigenvalue weighted by atomic mass is 9.73. The number of aryl methyl sites for hydroxylation is 1. The smallest absolute Gasteiger partial charge is 0.335 e. The monoisotopic (exact) mass is 412 g/mol. The van der Waals surface area contributed by atoms with Gasteiger partial charge in [-0.15, -0.1) is 0 Å². The molecule has 2 aromatic rings. The Morgan fingerprint density at radius 1 is 1.30 bits per heavy atom. The molecule has 2 aliphatic rings. The first kappa shape index (κ1) is 20.5. The molecule has 0 saturated carbocycles. The molecule has 1 amide bonds. The molecule has 2 fully saturated rings. The van der Waals surface area contributed by atoms with Crippen molar-refractivity contribution in [1.29, 1.82) is 0 Å². The van der Waals surface area contributed by atoms with E-state index >= 15 is 0 Å². The van der Waals surface area contributed by atoms with Gasteiger partial charge in [0.05, 0.1) is 11.0 Å². The Morgan fingerprint density at radius 2 is 2.07 bits per heavy atom. The number of carboxylic acid groups (broad SMARTS) is 1. The summed E-state index contributed by atoms with van der Waals surface area (Å²) in [6, 6.07) is 6.23. The van der Waals surface area contributed by atoms with Crippen molar-refractivity contribution in [2.45, 2.75) is 32.6 Å². The summed E-state index contributed by atoms with van der Waals surface area (Å²) >= 11 is 0. The van der Waals surface area contributed by atoms with E-state index in [1.807, 2.05) is 11.8 Å². The molecule has 0 spiro atoms.